The lowest BCUT2D eigenvalue weighted by Gasteiger charge is -2.31. The number of nitrogens with one attached hydrogen (secondary N) is 1. The number of carbonyl (C=O) groups is 2. The molecule has 0 unspecified atom stereocenters. The number of rotatable bonds is 6. The van der Waals surface area contributed by atoms with Gasteiger partial charge in [0, 0.05) is 35.6 Å². The second-order valence-corrected chi connectivity index (χ2v) is 7.66. The molecular formula is C22H26N4O3. The van der Waals surface area contributed by atoms with Crippen LogP contribution in [0.1, 0.15) is 48.4 Å². The van der Waals surface area contributed by atoms with E-state index in [1.54, 1.807) is 0 Å². The highest BCUT2D eigenvalue weighted by molar-refractivity contribution is 5.78. The Morgan fingerprint density at radius 3 is 2.55 bits per heavy atom. The van der Waals surface area contributed by atoms with E-state index in [1.165, 1.54) is 55.2 Å². The van der Waals surface area contributed by atoms with Gasteiger partial charge in [0.25, 0.3) is 6.47 Å². The van der Waals surface area contributed by atoms with Crippen LogP contribution < -0.4 is 10.2 Å². The molecule has 0 spiro atoms. The lowest BCUT2D eigenvalue weighted by molar-refractivity contribution is -0.126. The number of aryl methyl sites for hydroxylation is 1. The molecule has 5 rings (SSSR count). The van der Waals surface area contributed by atoms with E-state index in [9.17, 15) is 4.79 Å². The van der Waals surface area contributed by atoms with Crippen molar-refractivity contribution in [3.05, 3.63) is 35.0 Å². The molecule has 1 aliphatic heterocycles. The monoisotopic (exact) mass is 394 g/mol. The van der Waals surface area contributed by atoms with Gasteiger partial charge in [-0.3, -0.25) is 9.59 Å². The van der Waals surface area contributed by atoms with Crippen LogP contribution in [-0.4, -0.2) is 43.0 Å². The second-order valence-electron chi connectivity index (χ2n) is 7.66. The average molecular weight is 394 g/mol. The van der Waals surface area contributed by atoms with Gasteiger partial charge in [0.15, 0.2) is 0 Å². The first-order valence-electron chi connectivity index (χ1n) is 10.2. The number of amides is 1. The molecule has 1 amide bonds. The molecule has 1 saturated carbocycles. The van der Waals surface area contributed by atoms with Gasteiger partial charge < -0.3 is 15.0 Å². The standard InChI is InChI=1S/C20H22N4O.C2H4O2/c25-12-21-17-8-7-14(11-16(17)13-5-6-13)19-15-3-1-4-18(15)22-20(23-19)24-9-2-10-24;1-4-2-3/h7-8,11-13H,1-6,9-10H2,(H,21,25);2H,1H3. The molecule has 1 aromatic heterocycles. The van der Waals surface area contributed by atoms with Crippen LogP contribution in [0.2, 0.25) is 0 Å². The van der Waals surface area contributed by atoms with E-state index in [-0.39, 0.29) is 0 Å². The molecular weight excluding hydrogens is 368 g/mol. The summed E-state index contributed by atoms with van der Waals surface area (Å²) in [6, 6.07) is 6.37. The van der Waals surface area contributed by atoms with E-state index in [1.807, 2.05) is 6.07 Å². The fourth-order valence-corrected chi connectivity index (χ4v) is 3.95. The van der Waals surface area contributed by atoms with Crippen molar-refractivity contribution in [3.63, 3.8) is 0 Å². The number of fused-ring (bicyclic) bond motifs is 1. The van der Waals surface area contributed by atoms with Gasteiger partial charge in [-0.1, -0.05) is 6.07 Å². The smallest absolute Gasteiger partial charge is 0.292 e. The molecule has 2 heterocycles. The molecule has 2 aliphatic carbocycles. The minimum absolute atomic E-state index is 0.375. The van der Waals surface area contributed by atoms with Crippen molar-refractivity contribution in [2.45, 2.75) is 44.4 Å². The van der Waals surface area contributed by atoms with Gasteiger partial charge in [0.05, 0.1) is 12.8 Å². The lowest BCUT2D eigenvalue weighted by Crippen LogP contribution is -2.38. The highest BCUT2D eigenvalue weighted by Crippen LogP contribution is 2.45. The molecule has 0 bridgehead atoms. The van der Waals surface area contributed by atoms with Gasteiger partial charge in [0.2, 0.25) is 12.4 Å². The first-order valence-corrected chi connectivity index (χ1v) is 10.2. The van der Waals surface area contributed by atoms with Gasteiger partial charge in [-0.2, -0.15) is 0 Å². The van der Waals surface area contributed by atoms with Crippen LogP contribution in [0.5, 0.6) is 0 Å². The van der Waals surface area contributed by atoms with Crippen molar-refractivity contribution in [1.29, 1.82) is 0 Å². The quantitative estimate of drug-likeness (QED) is 0.758. The average Bonchev–Trinajstić information content (AvgIpc) is 3.44. The van der Waals surface area contributed by atoms with Crippen molar-refractivity contribution < 1.29 is 14.3 Å². The molecule has 0 atom stereocenters. The maximum atomic E-state index is 10.9. The minimum atomic E-state index is 0.375. The van der Waals surface area contributed by atoms with Crippen molar-refractivity contribution in [2.75, 3.05) is 30.4 Å². The van der Waals surface area contributed by atoms with E-state index >= 15 is 0 Å². The zero-order valence-corrected chi connectivity index (χ0v) is 16.7. The van der Waals surface area contributed by atoms with Crippen LogP contribution >= 0.6 is 0 Å². The van der Waals surface area contributed by atoms with Crippen molar-refractivity contribution in [3.8, 4) is 11.3 Å². The zero-order valence-electron chi connectivity index (χ0n) is 16.7. The van der Waals surface area contributed by atoms with Crippen LogP contribution in [-0.2, 0) is 27.2 Å². The fourth-order valence-electron chi connectivity index (χ4n) is 3.95. The first kappa shape index (κ1) is 19.4. The normalized spacial score (nSPS) is 16.8. The molecule has 7 nitrogen and oxygen atoms in total. The summed E-state index contributed by atoms with van der Waals surface area (Å²) in [6.07, 6.45) is 7.71. The SMILES string of the molecule is COC=O.O=CNc1ccc(-c2nc(N3CCC3)nc3c2CCC3)cc1C1CC1. The molecule has 1 aromatic carbocycles. The van der Waals surface area contributed by atoms with Gasteiger partial charge in [-0.05, 0) is 62.1 Å². The highest BCUT2D eigenvalue weighted by Gasteiger charge is 2.28. The summed E-state index contributed by atoms with van der Waals surface area (Å²) in [6.45, 7) is 2.50. The largest absolute Gasteiger partial charge is 0.471 e. The number of benzene rings is 1. The maximum absolute atomic E-state index is 10.9. The summed E-state index contributed by atoms with van der Waals surface area (Å²) in [5, 5.41) is 2.85. The Morgan fingerprint density at radius 2 is 1.93 bits per heavy atom. The number of anilines is 2. The molecule has 2 fully saturated rings. The summed E-state index contributed by atoms with van der Waals surface area (Å²) in [5.74, 6) is 1.47. The van der Waals surface area contributed by atoms with Crippen molar-refractivity contribution in [1.82, 2.24) is 9.97 Å². The minimum Gasteiger partial charge on any atom is -0.471 e. The van der Waals surface area contributed by atoms with Gasteiger partial charge >= 0.3 is 0 Å². The summed E-state index contributed by atoms with van der Waals surface area (Å²) in [4.78, 5) is 31.9. The Kier molecular flexibility index (Phi) is 5.74. The summed E-state index contributed by atoms with van der Waals surface area (Å²) in [7, 11) is 1.31. The zero-order chi connectivity index (χ0) is 20.2. The van der Waals surface area contributed by atoms with E-state index < -0.39 is 0 Å². The number of aromatic nitrogens is 2. The fraction of sp³-hybridized carbons (Fsp3) is 0.455. The molecule has 0 radical (unpaired) electrons. The van der Waals surface area contributed by atoms with Crippen molar-refractivity contribution >= 4 is 24.5 Å². The third-order valence-electron chi connectivity index (χ3n) is 5.71. The van der Waals surface area contributed by atoms with E-state index in [2.05, 4.69) is 27.1 Å². The molecule has 152 valence electrons. The van der Waals surface area contributed by atoms with E-state index in [4.69, 9.17) is 14.8 Å². The molecule has 1 N–H and O–H groups in total. The van der Waals surface area contributed by atoms with Crippen molar-refractivity contribution in [2.24, 2.45) is 0 Å². The summed E-state index contributed by atoms with van der Waals surface area (Å²) in [5.41, 5.74) is 7.01. The highest BCUT2D eigenvalue weighted by atomic mass is 16.5. The molecule has 2 aromatic rings. The van der Waals surface area contributed by atoms with E-state index in [0.717, 1.165) is 49.7 Å². The lowest BCUT2D eigenvalue weighted by atomic mass is 9.99. The predicted molar refractivity (Wildman–Crippen MR) is 111 cm³/mol. The Labute approximate surface area is 170 Å². The van der Waals surface area contributed by atoms with Gasteiger partial charge in [0.1, 0.15) is 0 Å². The predicted octanol–water partition coefficient (Wildman–Crippen LogP) is 3.08. The first-order chi connectivity index (χ1) is 14.2. The number of methoxy groups -OCH3 is 1. The van der Waals surface area contributed by atoms with Crippen LogP contribution in [0.4, 0.5) is 11.6 Å². The number of nitrogens with zero attached hydrogens (tertiary/aromatic N) is 3. The number of hydrogen-bond donors (Lipinski definition) is 1. The van der Waals surface area contributed by atoms with E-state index in [0.29, 0.717) is 12.4 Å². The van der Waals surface area contributed by atoms with Gasteiger partial charge in [-0.25, -0.2) is 9.97 Å². The number of ether oxygens (including phenoxy) is 1. The molecule has 3 aliphatic rings. The Balaban J connectivity index is 0.000000472. The topological polar surface area (TPSA) is 84.4 Å². The van der Waals surface area contributed by atoms with Crippen LogP contribution in [0.15, 0.2) is 18.2 Å². The molecule has 7 heteroatoms. The Morgan fingerprint density at radius 1 is 1.14 bits per heavy atom. The molecule has 1 saturated heterocycles. The van der Waals surface area contributed by atoms with Crippen LogP contribution in [0.25, 0.3) is 11.3 Å². The van der Waals surface area contributed by atoms with Crippen LogP contribution in [0, 0.1) is 0 Å². The summed E-state index contributed by atoms with van der Waals surface area (Å²) >= 11 is 0. The third-order valence-corrected chi connectivity index (χ3v) is 5.71. The number of hydrogen-bond acceptors (Lipinski definition) is 6. The molecule has 29 heavy (non-hydrogen) atoms. The maximum Gasteiger partial charge on any atom is 0.292 e. The third kappa shape index (κ3) is 4.09. The Hall–Kier alpha value is -2.96. The number of carbonyl (C=O) groups excluding carboxylic acids is 2. The Bertz CT molecular complexity index is 907. The second kappa shape index (κ2) is 8.59. The summed E-state index contributed by atoms with van der Waals surface area (Å²) < 4.78 is 3.86. The van der Waals surface area contributed by atoms with Gasteiger partial charge in [-0.15, -0.1) is 0 Å². The van der Waals surface area contributed by atoms with Crippen LogP contribution in [0.3, 0.4) is 0 Å².